The second kappa shape index (κ2) is 10.7. The molecular formula is C23H22N4O5. The van der Waals surface area contributed by atoms with Gasteiger partial charge >= 0.3 is 5.97 Å². The van der Waals surface area contributed by atoms with Gasteiger partial charge in [-0.25, -0.2) is 9.78 Å². The van der Waals surface area contributed by atoms with Crippen molar-refractivity contribution in [1.82, 2.24) is 20.6 Å². The summed E-state index contributed by atoms with van der Waals surface area (Å²) in [6.45, 7) is 0. The van der Waals surface area contributed by atoms with Gasteiger partial charge in [-0.1, -0.05) is 42.5 Å². The molecule has 1 heterocycles. The Morgan fingerprint density at radius 3 is 2.12 bits per heavy atom. The predicted molar refractivity (Wildman–Crippen MR) is 115 cm³/mol. The maximum atomic E-state index is 13.0. The van der Waals surface area contributed by atoms with Crippen LogP contribution in [0.3, 0.4) is 0 Å². The van der Waals surface area contributed by atoms with Crippen LogP contribution in [0.5, 0.6) is 5.75 Å². The number of benzene rings is 2. The first-order valence-electron chi connectivity index (χ1n) is 9.84. The predicted octanol–water partition coefficient (Wildman–Crippen LogP) is 1.34. The fourth-order valence-electron chi connectivity index (χ4n) is 3.05. The minimum Gasteiger partial charge on any atom is -0.508 e. The maximum absolute atomic E-state index is 13.0. The summed E-state index contributed by atoms with van der Waals surface area (Å²) in [5.74, 6) is -2.40. The van der Waals surface area contributed by atoms with Crippen LogP contribution in [0.4, 0.5) is 0 Å². The number of phenols is 1. The van der Waals surface area contributed by atoms with Crippen molar-refractivity contribution in [1.29, 1.82) is 0 Å². The number of hydrogen-bond acceptors (Lipinski definition) is 6. The second-order valence-corrected chi connectivity index (χ2v) is 7.08. The Morgan fingerprint density at radius 1 is 0.844 bits per heavy atom. The van der Waals surface area contributed by atoms with E-state index in [0.717, 1.165) is 5.56 Å². The third kappa shape index (κ3) is 6.36. The molecule has 0 fully saturated rings. The Balaban J connectivity index is 1.76. The second-order valence-electron chi connectivity index (χ2n) is 7.08. The summed E-state index contributed by atoms with van der Waals surface area (Å²) in [5, 5.41) is 24.1. The number of hydrogen-bond donors (Lipinski definition) is 4. The largest absolute Gasteiger partial charge is 0.508 e. The number of aromatic hydroxyl groups is 1. The van der Waals surface area contributed by atoms with Crippen molar-refractivity contribution >= 4 is 17.8 Å². The van der Waals surface area contributed by atoms with E-state index >= 15 is 0 Å². The smallest absolute Gasteiger partial charge is 0.326 e. The van der Waals surface area contributed by atoms with Crippen LogP contribution in [0, 0.1) is 0 Å². The molecule has 1 aromatic heterocycles. The first kappa shape index (κ1) is 22.4. The van der Waals surface area contributed by atoms with Crippen molar-refractivity contribution in [2.24, 2.45) is 0 Å². The van der Waals surface area contributed by atoms with Gasteiger partial charge in [0.15, 0.2) is 0 Å². The van der Waals surface area contributed by atoms with Crippen LogP contribution in [-0.2, 0) is 22.4 Å². The van der Waals surface area contributed by atoms with Crippen LogP contribution in [0.25, 0.3) is 0 Å². The van der Waals surface area contributed by atoms with Crippen LogP contribution in [0.1, 0.15) is 21.6 Å². The number of aliphatic carboxylic acids is 1. The average Bonchev–Trinajstić information content (AvgIpc) is 2.80. The zero-order chi connectivity index (χ0) is 22.9. The van der Waals surface area contributed by atoms with E-state index in [2.05, 4.69) is 20.6 Å². The molecular weight excluding hydrogens is 412 g/mol. The SMILES string of the molecule is O=C(N[C@@H](Cc1ccccc1)C(=O)N[C@@H](Cc1ccc(O)cc1)C(=O)O)c1cnccn1. The van der Waals surface area contributed by atoms with E-state index in [1.807, 2.05) is 6.07 Å². The summed E-state index contributed by atoms with van der Waals surface area (Å²) in [6, 6.07) is 12.8. The molecule has 3 rings (SSSR count). The highest BCUT2D eigenvalue weighted by Gasteiger charge is 2.27. The molecule has 2 atom stereocenters. The van der Waals surface area contributed by atoms with Crippen LogP contribution < -0.4 is 10.6 Å². The minimum absolute atomic E-state index is 0.0114. The highest BCUT2D eigenvalue weighted by atomic mass is 16.4. The van der Waals surface area contributed by atoms with Crippen molar-refractivity contribution in [2.75, 3.05) is 0 Å². The number of rotatable bonds is 9. The van der Waals surface area contributed by atoms with Gasteiger partial charge in [0.25, 0.3) is 5.91 Å². The number of amides is 2. The molecule has 2 aromatic carbocycles. The van der Waals surface area contributed by atoms with Gasteiger partial charge in [-0.15, -0.1) is 0 Å². The summed E-state index contributed by atoms with van der Waals surface area (Å²) in [5.41, 5.74) is 1.45. The quantitative estimate of drug-likeness (QED) is 0.398. The van der Waals surface area contributed by atoms with E-state index < -0.39 is 29.9 Å². The van der Waals surface area contributed by atoms with Crippen LogP contribution in [0.2, 0.25) is 0 Å². The van der Waals surface area contributed by atoms with Gasteiger partial charge in [-0.2, -0.15) is 0 Å². The Morgan fingerprint density at radius 2 is 1.50 bits per heavy atom. The Labute approximate surface area is 184 Å². The third-order valence-electron chi connectivity index (χ3n) is 4.69. The summed E-state index contributed by atoms with van der Waals surface area (Å²) in [4.78, 5) is 45.1. The molecule has 4 N–H and O–H groups in total. The highest BCUT2D eigenvalue weighted by Crippen LogP contribution is 2.12. The molecule has 9 nitrogen and oxygen atoms in total. The molecule has 0 unspecified atom stereocenters. The van der Waals surface area contributed by atoms with E-state index in [1.165, 1.54) is 30.7 Å². The molecule has 9 heteroatoms. The number of nitrogens with zero attached hydrogens (tertiary/aromatic N) is 2. The van der Waals surface area contributed by atoms with Gasteiger partial charge in [-0.3, -0.25) is 14.6 Å². The van der Waals surface area contributed by atoms with Gasteiger partial charge in [0, 0.05) is 25.2 Å². The lowest BCUT2D eigenvalue weighted by molar-refractivity contribution is -0.142. The number of aromatic nitrogens is 2. The van der Waals surface area contributed by atoms with E-state index in [0.29, 0.717) is 5.56 Å². The standard InChI is InChI=1S/C23H22N4O5/c28-17-8-6-16(7-9-17)13-19(23(31)32)27-21(29)18(12-15-4-2-1-3-5-15)26-22(30)20-14-24-10-11-25-20/h1-11,14,18-19,28H,12-13H2,(H,26,30)(H,27,29)(H,31,32)/t18-,19-/m0/s1. The number of carbonyl (C=O) groups excluding carboxylic acids is 2. The number of carboxylic acid groups (broad SMARTS) is 1. The zero-order valence-corrected chi connectivity index (χ0v) is 17.0. The lowest BCUT2D eigenvalue weighted by Gasteiger charge is -2.21. The maximum Gasteiger partial charge on any atom is 0.326 e. The lowest BCUT2D eigenvalue weighted by Crippen LogP contribution is -2.53. The summed E-state index contributed by atoms with van der Waals surface area (Å²) < 4.78 is 0. The van der Waals surface area contributed by atoms with Gasteiger partial charge in [0.05, 0.1) is 6.20 Å². The number of nitrogens with one attached hydrogen (secondary N) is 2. The van der Waals surface area contributed by atoms with Crippen LogP contribution >= 0.6 is 0 Å². The Bertz CT molecular complexity index is 1060. The van der Waals surface area contributed by atoms with Gasteiger partial charge in [0.1, 0.15) is 23.5 Å². The third-order valence-corrected chi connectivity index (χ3v) is 4.69. The topological polar surface area (TPSA) is 142 Å². The highest BCUT2D eigenvalue weighted by molar-refractivity contribution is 5.96. The Kier molecular flexibility index (Phi) is 7.47. The fraction of sp³-hybridized carbons (Fsp3) is 0.174. The van der Waals surface area contributed by atoms with E-state index in [1.54, 1.807) is 36.4 Å². The molecule has 2 amide bonds. The minimum atomic E-state index is -1.22. The van der Waals surface area contributed by atoms with Crippen molar-refractivity contribution in [3.8, 4) is 5.75 Å². The first-order chi connectivity index (χ1) is 15.4. The number of phenolic OH excluding ortho intramolecular Hbond substituents is 1. The summed E-state index contributed by atoms with van der Waals surface area (Å²) in [6.07, 6.45) is 4.23. The zero-order valence-electron chi connectivity index (χ0n) is 17.0. The van der Waals surface area contributed by atoms with Crippen molar-refractivity contribution in [2.45, 2.75) is 24.9 Å². The van der Waals surface area contributed by atoms with Gasteiger partial charge < -0.3 is 20.8 Å². The van der Waals surface area contributed by atoms with E-state index in [-0.39, 0.29) is 24.3 Å². The number of carbonyl (C=O) groups is 3. The molecule has 0 saturated heterocycles. The van der Waals surface area contributed by atoms with E-state index in [9.17, 15) is 24.6 Å². The molecule has 0 bridgehead atoms. The molecule has 0 radical (unpaired) electrons. The monoisotopic (exact) mass is 434 g/mol. The van der Waals surface area contributed by atoms with Crippen LogP contribution in [-0.4, -0.2) is 50.0 Å². The van der Waals surface area contributed by atoms with Crippen molar-refractivity contribution in [3.63, 3.8) is 0 Å². The molecule has 164 valence electrons. The average molecular weight is 434 g/mol. The Hall–Kier alpha value is -4.27. The summed E-state index contributed by atoms with van der Waals surface area (Å²) in [7, 11) is 0. The lowest BCUT2D eigenvalue weighted by atomic mass is 10.0. The van der Waals surface area contributed by atoms with E-state index in [4.69, 9.17) is 0 Å². The van der Waals surface area contributed by atoms with Gasteiger partial charge in [0.2, 0.25) is 5.91 Å². The molecule has 3 aromatic rings. The molecule has 32 heavy (non-hydrogen) atoms. The molecule has 0 aliphatic heterocycles. The first-order valence-corrected chi connectivity index (χ1v) is 9.84. The molecule has 0 spiro atoms. The normalized spacial score (nSPS) is 12.4. The molecule has 0 aliphatic carbocycles. The van der Waals surface area contributed by atoms with Crippen molar-refractivity contribution in [3.05, 3.63) is 90.0 Å². The fourth-order valence-corrected chi connectivity index (χ4v) is 3.05. The molecule has 0 aliphatic rings. The van der Waals surface area contributed by atoms with Crippen molar-refractivity contribution < 1.29 is 24.6 Å². The number of carboxylic acids is 1. The van der Waals surface area contributed by atoms with Crippen LogP contribution in [0.15, 0.2) is 73.2 Å². The van der Waals surface area contributed by atoms with Gasteiger partial charge in [-0.05, 0) is 23.3 Å². The summed E-state index contributed by atoms with van der Waals surface area (Å²) >= 11 is 0. The molecule has 0 saturated carbocycles.